The second-order valence-electron chi connectivity index (χ2n) is 6.62. The summed E-state index contributed by atoms with van der Waals surface area (Å²) in [6.45, 7) is 2.35. The van der Waals surface area contributed by atoms with Crippen molar-refractivity contribution < 1.29 is 0 Å². The highest BCUT2D eigenvalue weighted by molar-refractivity contribution is 5.38. The zero-order chi connectivity index (χ0) is 16.0. The first-order valence-electron chi connectivity index (χ1n) is 8.86. The van der Waals surface area contributed by atoms with Gasteiger partial charge >= 0.3 is 0 Å². The van der Waals surface area contributed by atoms with Crippen LogP contribution in [0, 0.1) is 5.92 Å². The molecule has 0 bridgehead atoms. The minimum atomic E-state index is -0.0899. The summed E-state index contributed by atoms with van der Waals surface area (Å²) in [6.07, 6.45) is 5.03. The van der Waals surface area contributed by atoms with E-state index in [4.69, 9.17) is 0 Å². The van der Waals surface area contributed by atoms with Crippen molar-refractivity contribution >= 4 is 0 Å². The molecule has 0 amide bonds. The number of piperidine rings is 1. The first-order chi connectivity index (χ1) is 11.3. The average molecular weight is 308 g/mol. The Kier molecular flexibility index (Phi) is 5.47. The standard InChI is InChI=1S/C21H28N2/c1-22-21(19-8-4-2-5-9-19,20-10-6-3-7-11-20)15-12-18-13-16-23-17-14-18/h2-11,18,22-23H,12-17H2,1H3. The van der Waals surface area contributed by atoms with E-state index < -0.39 is 0 Å². The van der Waals surface area contributed by atoms with Crippen LogP contribution in [0.2, 0.25) is 0 Å². The van der Waals surface area contributed by atoms with Crippen molar-refractivity contribution in [1.29, 1.82) is 0 Å². The normalized spacial score (nSPS) is 16.4. The zero-order valence-electron chi connectivity index (χ0n) is 14.1. The number of nitrogens with one attached hydrogen (secondary N) is 2. The summed E-state index contributed by atoms with van der Waals surface area (Å²) in [5.41, 5.74) is 2.64. The number of benzene rings is 2. The topological polar surface area (TPSA) is 24.1 Å². The minimum Gasteiger partial charge on any atom is -0.317 e. The van der Waals surface area contributed by atoms with E-state index in [0.717, 1.165) is 12.3 Å². The SMILES string of the molecule is CNC(CCC1CCNCC1)(c1ccccc1)c1ccccc1. The van der Waals surface area contributed by atoms with Crippen LogP contribution in [0.5, 0.6) is 0 Å². The monoisotopic (exact) mass is 308 g/mol. The molecular formula is C21H28N2. The molecule has 0 saturated carbocycles. The Morgan fingerprint density at radius 3 is 1.91 bits per heavy atom. The number of rotatable bonds is 6. The maximum atomic E-state index is 3.67. The van der Waals surface area contributed by atoms with Crippen molar-refractivity contribution in [2.75, 3.05) is 20.1 Å². The van der Waals surface area contributed by atoms with Gasteiger partial charge in [-0.2, -0.15) is 0 Å². The van der Waals surface area contributed by atoms with Gasteiger partial charge in [-0.25, -0.2) is 0 Å². The molecule has 23 heavy (non-hydrogen) atoms. The Morgan fingerprint density at radius 2 is 1.43 bits per heavy atom. The fourth-order valence-electron chi connectivity index (χ4n) is 3.91. The molecule has 2 aromatic rings. The van der Waals surface area contributed by atoms with E-state index in [9.17, 15) is 0 Å². The molecule has 0 atom stereocenters. The van der Waals surface area contributed by atoms with E-state index in [1.54, 1.807) is 0 Å². The van der Waals surface area contributed by atoms with Crippen LogP contribution in [0.1, 0.15) is 36.8 Å². The Labute approximate surface area is 140 Å². The van der Waals surface area contributed by atoms with Gasteiger partial charge in [0.15, 0.2) is 0 Å². The fourth-order valence-corrected chi connectivity index (χ4v) is 3.91. The van der Waals surface area contributed by atoms with Crippen LogP contribution < -0.4 is 10.6 Å². The van der Waals surface area contributed by atoms with Crippen molar-refractivity contribution in [2.45, 2.75) is 31.2 Å². The third-order valence-corrected chi connectivity index (χ3v) is 5.35. The fraction of sp³-hybridized carbons (Fsp3) is 0.429. The smallest absolute Gasteiger partial charge is 0.0688 e. The molecular weight excluding hydrogens is 280 g/mol. The molecule has 2 nitrogen and oxygen atoms in total. The van der Waals surface area contributed by atoms with Crippen molar-refractivity contribution in [3.8, 4) is 0 Å². The second-order valence-corrected chi connectivity index (χ2v) is 6.62. The highest BCUT2D eigenvalue weighted by Gasteiger charge is 2.33. The highest BCUT2D eigenvalue weighted by atomic mass is 14.9. The summed E-state index contributed by atoms with van der Waals surface area (Å²) in [5.74, 6) is 0.844. The van der Waals surface area contributed by atoms with E-state index in [-0.39, 0.29) is 5.54 Å². The van der Waals surface area contributed by atoms with Crippen LogP contribution in [0.4, 0.5) is 0 Å². The third kappa shape index (κ3) is 3.65. The van der Waals surface area contributed by atoms with E-state index in [2.05, 4.69) is 78.3 Å². The van der Waals surface area contributed by atoms with Crippen molar-refractivity contribution in [1.82, 2.24) is 10.6 Å². The molecule has 2 aromatic carbocycles. The molecule has 0 spiro atoms. The molecule has 0 aliphatic carbocycles. The summed E-state index contributed by atoms with van der Waals surface area (Å²) >= 11 is 0. The van der Waals surface area contributed by atoms with Crippen molar-refractivity contribution in [2.24, 2.45) is 5.92 Å². The lowest BCUT2D eigenvalue weighted by Crippen LogP contribution is -2.42. The third-order valence-electron chi connectivity index (χ3n) is 5.35. The van der Waals surface area contributed by atoms with Crippen LogP contribution >= 0.6 is 0 Å². The average Bonchev–Trinajstić information content (AvgIpc) is 2.65. The molecule has 0 aromatic heterocycles. The van der Waals surface area contributed by atoms with Gasteiger partial charge < -0.3 is 10.6 Å². The quantitative estimate of drug-likeness (QED) is 0.845. The minimum absolute atomic E-state index is 0.0899. The molecule has 1 saturated heterocycles. The lowest BCUT2D eigenvalue weighted by Gasteiger charge is -2.37. The van der Waals surface area contributed by atoms with Gasteiger partial charge in [0.1, 0.15) is 0 Å². The Hall–Kier alpha value is -1.64. The molecule has 122 valence electrons. The number of hydrogen-bond acceptors (Lipinski definition) is 2. The molecule has 1 aliphatic rings. The molecule has 3 rings (SSSR count). The number of hydrogen-bond donors (Lipinski definition) is 2. The van der Waals surface area contributed by atoms with Gasteiger partial charge in [-0.1, -0.05) is 60.7 Å². The lowest BCUT2D eigenvalue weighted by atomic mass is 9.76. The van der Waals surface area contributed by atoms with E-state index >= 15 is 0 Å². The molecule has 0 radical (unpaired) electrons. The second kappa shape index (κ2) is 7.76. The molecule has 1 fully saturated rings. The van der Waals surface area contributed by atoms with Crippen molar-refractivity contribution in [3.63, 3.8) is 0 Å². The van der Waals surface area contributed by atoms with Crippen LogP contribution in [-0.4, -0.2) is 20.1 Å². The molecule has 1 aliphatic heterocycles. The van der Waals surface area contributed by atoms with E-state index in [1.165, 1.54) is 43.5 Å². The Morgan fingerprint density at radius 1 is 0.913 bits per heavy atom. The van der Waals surface area contributed by atoms with Gasteiger partial charge in [-0.15, -0.1) is 0 Å². The summed E-state index contributed by atoms with van der Waals surface area (Å²) in [5, 5.41) is 7.15. The maximum Gasteiger partial charge on any atom is 0.0688 e. The lowest BCUT2D eigenvalue weighted by molar-refractivity contribution is 0.297. The van der Waals surface area contributed by atoms with Crippen LogP contribution in [0.15, 0.2) is 60.7 Å². The van der Waals surface area contributed by atoms with Gasteiger partial charge in [0.2, 0.25) is 0 Å². The van der Waals surface area contributed by atoms with E-state index in [1.807, 2.05) is 0 Å². The van der Waals surface area contributed by atoms with Crippen molar-refractivity contribution in [3.05, 3.63) is 71.8 Å². The summed E-state index contributed by atoms with van der Waals surface area (Å²) in [4.78, 5) is 0. The summed E-state index contributed by atoms with van der Waals surface area (Å²) in [6, 6.07) is 21.8. The molecule has 1 heterocycles. The Bertz CT molecular complexity index is 534. The van der Waals surface area contributed by atoms with Gasteiger partial charge in [0.05, 0.1) is 5.54 Å². The largest absolute Gasteiger partial charge is 0.317 e. The Balaban J connectivity index is 1.89. The van der Waals surface area contributed by atoms with Crippen LogP contribution in [0.25, 0.3) is 0 Å². The van der Waals surface area contributed by atoms with Gasteiger partial charge in [0, 0.05) is 0 Å². The highest BCUT2D eigenvalue weighted by Crippen LogP contribution is 2.36. The summed E-state index contributed by atoms with van der Waals surface area (Å²) in [7, 11) is 2.10. The van der Waals surface area contributed by atoms with E-state index in [0.29, 0.717) is 0 Å². The molecule has 2 heteroatoms. The van der Waals surface area contributed by atoms with Gasteiger partial charge in [-0.3, -0.25) is 0 Å². The first-order valence-corrected chi connectivity index (χ1v) is 8.86. The maximum absolute atomic E-state index is 3.67. The van der Waals surface area contributed by atoms with Crippen LogP contribution in [-0.2, 0) is 5.54 Å². The van der Waals surface area contributed by atoms with Gasteiger partial charge in [-0.05, 0) is 62.9 Å². The zero-order valence-corrected chi connectivity index (χ0v) is 14.1. The predicted octanol–water partition coefficient (Wildman–Crippen LogP) is 3.93. The molecule has 2 N–H and O–H groups in total. The van der Waals surface area contributed by atoms with Gasteiger partial charge in [0.25, 0.3) is 0 Å². The van der Waals surface area contributed by atoms with Crippen LogP contribution in [0.3, 0.4) is 0 Å². The predicted molar refractivity (Wildman–Crippen MR) is 97.6 cm³/mol. The summed E-state index contributed by atoms with van der Waals surface area (Å²) < 4.78 is 0. The molecule has 0 unspecified atom stereocenters. The first kappa shape index (κ1) is 16.2.